The fraction of sp³-hybridized carbons (Fsp3) is 0.600. The van der Waals surface area contributed by atoms with Crippen LogP contribution in [0.1, 0.15) is 40.2 Å². The molecule has 2 rings (SSSR count). The average Bonchev–Trinajstić information content (AvgIpc) is 2.55. The first-order valence-corrected chi connectivity index (χ1v) is 6.98. The lowest BCUT2D eigenvalue weighted by Crippen LogP contribution is -2.41. The molecule has 0 atom stereocenters. The average molecular weight is 280 g/mol. The zero-order chi connectivity index (χ0) is 15.0. The lowest BCUT2D eigenvalue weighted by molar-refractivity contribution is 0.00578. The summed E-state index contributed by atoms with van der Waals surface area (Å²) < 4.78 is 30.9. The molecule has 110 valence electrons. The fourth-order valence-corrected chi connectivity index (χ4v) is 2.09. The van der Waals surface area contributed by atoms with Crippen molar-refractivity contribution in [2.24, 2.45) is 0 Å². The fourth-order valence-electron chi connectivity index (χ4n) is 2.09. The Labute approximate surface area is 120 Å². The third kappa shape index (κ3) is 3.05. The molecule has 0 N–H and O–H groups in total. The molecule has 1 fully saturated rings. The first kappa shape index (κ1) is 15.5. The van der Waals surface area contributed by atoms with Crippen molar-refractivity contribution < 1.29 is 18.4 Å². The predicted octanol–water partition coefficient (Wildman–Crippen LogP) is 2.66. The van der Waals surface area contributed by atoms with Gasteiger partial charge in [-0.3, -0.25) is 0 Å². The third-order valence-corrected chi connectivity index (χ3v) is 3.98. The van der Waals surface area contributed by atoms with Gasteiger partial charge in [-0.05, 0) is 57.8 Å². The number of benzene rings is 1. The van der Waals surface area contributed by atoms with Gasteiger partial charge >= 0.3 is 7.12 Å². The molecular formula is C15H22BFO3. The summed E-state index contributed by atoms with van der Waals surface area (Å²) in [4.78, 5) is 0. The van der Waals surface area contributed by atoms with Crippen molar-refractivity contribution in [3.63, 3.8) is 0 Å². The Morgan fingerprint density at radius 1 is 1.10 bits per heavy atom. The van der Waals surface area contributed by atoms with Crippen LogP contribution in [-0.4, -0.2) is 24.9 Å². The van der Waals surface area contributed by atoms with Crippen LogP contribution < -0.4 is 5.46 Å². The van der Waals surface area contributed by atoms with Gasteiger partial charge in [0.1, 0.15) is 5.82 Å². The molecule has 0 unspecified atom stereocenters. The van der Waals surface area contributed by atoms with Gasteiger partial charge in [0, 0.05) is 6.61 Å². The van der Waals surface area contributed by atoms with E-state index in [2.05, 4.69) is 0 Å². The molecule has 0 bridgehead atoms. The van der Waals surface area contributed by atoms with E-state index in [9.17, 15) is 4.39 Å². The van der Waals surface area contributed by atoms with Gasteiger partial charge in [-0.2, -0.15) is 0 Å². The molecule has 5 heteroatoms. The predicted molar refractivity (Wildman–Crippen MR) is 77.4 cm³/mol. The van der Waals surface area contributed by atoms with Crippen LogP contribution in [-0.2, 0) is 20.7 Å². The highest BCUT2D eigenvalue weighted by Crippen LogP contribution is 2.36. The van der Waals surface area contributed by atoms with Crippen molar-refractivity contribution in [2.75, 3.05) is 6.61 Å². The van der Waals surface area contributed by atoms with Gasteiger partial charge in [0.2, 0.25) is 0 Å². The number of ether oxygens (including phenoxy) is 1. The topological polar surface area (TPSA) is 27.7 Å². The van der Waals surface area contributed by atoms with E-state index in [1.165, 1.54) is 12.1 Å². The van der Waals surface area contributed by atoms with Crippen molar-refractivity contribution in [3.05, 3.63) is 29.6 Å². The van der Waals surface area contributed by atoms with Gasteiger partial charge < -0.3 is 14.0 Å². The van der Waals surface area contributed by atoms with E-state index in [4.69, 9.17) is 14.0 Å². The Balaban J connectivity index is 2.23. The summed E-state index contributed by atoms with van der Waals surface area (Å²) in [6, 6.07) is 4.81. The van der Waals surface area contributed by atoms with Crippen LogP contribution in [0.5, 0.6) is 0 Å². The van der Waals surface area contributed by atoms with Crippen molar-refractivity contribution in [1.82, 2.24) is 0 Å². The number of hydrogen-bond acceptors (Lipinski definition) is 3. The second-order valence-corrected chi connectivity index (χ2v) is 6.12. The van der Waals surface area contributed by atoms with E-state index >= 15 is 0 Å². The maximum Gasteiger partial charge on any atom is 0.494 e. The molecule has 1 aliphatic heterocycles. The minimum absolute atomic E-state index is 0.299. The molecule has 0 aliphatic carbocycles. The van der Waals surface area contributed by atoms with Gasteiger partial charge in [0.05, 0.1) is 17.8 Å². The minimum Gasteiger partial charge on any atom is -0.399 e. The molecule has 20 heavy (non-hydrogen) atoms. The lowest BCUT2D eigenvalue weighted by Gasteiger charge is -2.32. The summed E-state index contributed by atoms with van der Waals surface area (Å²) in [7, 11) is -0.545. The number of halogens is 1. The van der Waals surface area contributed by atoms with Gasteiger partial charge in [0.15, 0.2) is 0 Å². The van der Waals surface area contributed by atoms with E-state index in [-0.39, 0.29) is 5.82 Å². The third-order valence-electron chi connectivity index (χ3n) is 3.98. The van der Waals surface area contributed by atoms with Crippen LogP contribution >= 0.6 is 0 Å². The molecule has 0 aromatic heterocycles. The van der Waals surface area contributed by atoms with Crippen molar-refractivity contribution >= 4 is 12.6 Å². The van der Waals surface area contributed by atoms with Crippen LogP contribution in [0.4, 0.5) is 4.39 Å². The molecule has 1 aromatic carbocycles. The van der Waals surface area contributed by atoms with Crippen molar-refractivity contribution in [2.45, 2.75) is 52.4 Å². The molecule has 1 saturated heterocycles. The lowest BCUT2D eigenvalue weighted by atomic mass is 9.78. The molecule has 0 radical (unpaired) electrons. The van der Waals surface area contributed by atoms with Gasteiger partial charge in [-0.1, -0.05) is 6.07 Å². The Kier molecular flexibility index (Phi) is 4.23. The van der Waals surface area contributed by atoms with Crippen molar-refractivity contribution in [1.29, 1.82) is 0 Å². The summed E-state index contributed by atoms with van der Waals surface area (Å²) >= 11 is 0. The first-order valence-electron chi connectivity index (χ1n) is 6.98. The Morgan fingerprint density at radius 2 is 1.70 bits per heavy atom. The molecule has 1 aliphatic rings. The summed E-state index contributed by atoms with van der Waals surface area (Å²) in [5, 5.41) is 0. The zero-order valence-corrected chi connectivity index (χ0v) is 12.8. The Bertz CT molecular complexity index is 472. The molecular weight excluding hydrogens is 258 g/mol. The molecule has 0 saturated carbocycles. The normalized spacial score (nSPS) is 20.4. The first-order chi connectivity index (χ1) is 9.25. The standard InChI is InChI=1S/C15H22BFO3/c1-6-18-10-11-7-12(9-13(17)8-11)16-19-14(2,3)15(4,5)20-16/h7-9H,6,10H2,1-5H3. The van der Waals surface area contributed by atoms with E-state index in [1.54, 1.807) is 0 Å². The second-order valence-electron chi connectivity index (χ2n) is 6.12. The van der Waals surface area contributed by atoms with E-state index in [0.29, 0.717) is 18.7 Å². The van der Waals surface area contributed by atoms with E-state index in [1.807, 2.05) is 40.7 Å². The summed E-state index contributed by atoms with van der Waals surface area (Å²) in [6.07, 6.45) is 0. The van der Waals surface area contributed by atoms with Crippen LogP contribution in [0.25, 0.3) is 0 Å². The summed E-state index contributed by atoms with van der Waals surface area (Å²) in [5.74, 6) is -0.299. The highest BCUT2D eigenvalue weighted by atomic mass is 19.1. The minimum atomic E-state index is -0.545. The largest absolute Gasteiger partial charge is 0.494 e. The molecule has 0 spiro atoms. The number of rotatable bonds is 4. The maximum atomic E-state index is 13.7. The molecule has 0 amide bonds. The van der Waals surface area contributed by atoms with Gasteiger partial charge in [-0.15, -0.1) is 0 Å². The molecule has 1 aromatic rings. The van der Waals surface area contributed by atoms with Crippen LogP contribution in [0.2, 0.25) is 0 Å². The monoisotopic (exact) mass is 280 g/mol. The van der Waals surface area contributed by atoms with Crippen LogP contribution in [0.15, 0.2) is 18.2 Å². The van der Waals surface area contributed by atoms with Gasteiger partial charge in [-0.25, -0.2) is 4.39 Å². The van der Waals surface area contributed by atoms with Gasteiger partial charge in [0.25, 0.3) is 0 Å². The Morgan fingerprint density at radius 3 is 2.25 bits per heavy atom. The SMILES string of the molecule is CCOCc1cc(F)cc(B2OC(C)(C)C(C)(C)O2)c1. The molecule has 3 nitrogen and oxygen atoms in total. The van der Waals surface area contributed by atoms with Crippen LogP contribution in [0, 0.1) is 5.82 Å². The number of hydrogen-bond donors (Lipinski definition) is 0. The zero-order valence-electron chi connectivity index (χ0n) is 12.8. The Hall–Kier alpha value is -0.905. The highest BCUT2D eigenvalue weighted by molar-refractivity contribution is 6.62. The summed E-state index contributed by atoms with van der Waals surface area (Å²) in [6.45, 7) is 10.8. The van der Waals surface area contributed by atoms with E-state index in [0.717, 1.165) is 5.56 Å². The van der Waals surface area contributed by atoms with E-state index < -0.39 is 18.3 Å². The quantitative estimate of drug-likeness (QED) is 0.794. The smallest absolute Gasteiger partial charge is 0.399 e. The second kappa shape index (κ2) is 5.47. The maximum absolute atomic E-state index is 13.7. The van der Waals surface area contributed by atoms with Crippen LogP contribution in [0.3, 0.4) is 0 Å². The highest BCUT2D eigenvalue weighted by Gasteiger charge is 2.51. The van der Waals surface area contributed by atoms with Crippen molar-refractivity contribution in [3.8, 4) is 0 Å². The molecule has 1 heterocycles. The summed E-state index contributed by atoms with van der Waals surface area (Å²) in [5.41, 5.74) is 0.628.